The van der Waals surface area contributed by atoms with Crippen molar-refractivity contribution >= 4 is 5.97 Å². The van der Waals surface area contributed by atoms with Crippen LogP contribution in [0.5, 0.6) is 5.75 Å². The van der Waals surface area contributed by atoms with Crippen molar-refractivity contribution in [1.29, 1.82) is 0 Å². The summed E-state index contributed by atoms with van der Waals surface area (Å²) < 4.78 is 18.8. The van der Waals surface area contributed by atoms with E-state index in [1.54, 1.807) is 19.1 Å². The van der Waals surface area contributed by atoms with Crippen molar-refractivity contribution < 1.29 is 19.0 Å². The number of rotatable bonds is 5. The van der Waals surface area contributed by atoms with Gasteiger partial charge in [0.2, 0.25) is 0 Å². The Morgan fingerprint density at radius 2 is 2.22 bits per heavy atom. The van der Waals surface area contributed by atoms with Crippen molar-refractivity contribution in [3.63, 3.8) is 0 Å². The number of methoxy groups -OCH3 is 1. The molecular weight excluding hydrogens is 235 g/mol. The van der Waals surface area contributed by atoms with Crippen molar-refractivity contribution in [3.8, 4) is 5.75 Å². The molecule has 0 radical (unpaired) electrons. The molecule has 0 amide bonds. The lowest BCUT2D eigenvalue weighted by Gasteiger charge is -2.24. The molecule has 18 heavy (non-hydrogen) atoms. The van der Waals surface area contributed by atoms with Crippen LogP contribution in [-0.4, -0.2) is 18.2 Å². The summed E-state index contributed by atoms with van der Waals surface area (Å²) in [6.45, 7) is 1.71. The van der Waals surface area contributed by atoms with Crippen LogP contribution >= 0.6 is 0 Å². The highest BCUT2D eigenvalue weighted by molar-refractivity contribution is 5.75. The molecule has 0 bridgehead atoms. The van der Waals surface area contributed by atoms with E-state index in [1.165, 1.54) is 13.2 Å². The van der Waals surface area contributed by atoms with Crippen LogP contribution in [-0.2, 0) is 11.2 Å². The molecular formula is C14H17FO3. The second kappa shape index (κ2) is 4.59. The molecule has 1 fully saturated rings. The molecule has 1 N–H and O–H groups in total. The molecule has 3 nitrogen and oxygen atoms in total. The minimum atomic E-state index is -0.866. The zero-order valence-electron chi connectivity index (χ0n) is 10.6. The van der Waals surface area contributed by atoms with Gasteiger partial charge >= 0.3 is 5.97 Å². The van der Waals surface area contributed by atoms with Crippen LogP contribution in [0.3, 0.4) is 0 Å². The van der Waals surface area contributed by atoms with Gasteiger partial charge < -0.3 is 9.84 Å². The first-order valence-electron chi connectivity index (χ1n) is 6.03. The van der Waals surface area contributed by atoms with Crippen molar-refractivity contribution in [2.45, 2.75) is 26.2 Å². The zero-order valence-corrected chi connectivity index (χ0v) is 10.6. The third-order valence-corrected chi connectivity index (χ3v) is 3.78. The van der Waals surface area contributed by atoms with Gasteiger partial charge in [0, 0.05) is 6.07 Å². The van der Waals surface area contributed by atoms with E-state index >= 15 is 0 Å². The Morgan fingerprint density at radius 3 is 2.67 bits per heavy atom. The molecule has 98 valence electrons. The maximum atomic E-state index is 13.8. The lowest BCUT2D eigenvalue weighted by atomic mass is 9.79. The third-order valence-electron chi connectivity index (χ3n) is 3.78. The first-order chi connectivity index (χ1) is 8.47. The summed E-state index contributed by atoms with van der Waals surface area (Å²) in [5, 5.41) is 9.35. The topological polar surface area (TPSA) is 46.5 Å². The van der Waals surface area contributed by atoms with Gasteiger partial charge in [-0.25, -0.2) is 4.39 Å². The van der Waals surface area contributed by atoms with Crippen LogP contribution in [0.25, 0.3) is 0 Å². The van der Waals surface area contributed by atoms with E-state index in [4.69, 9.17) is 4.74 Å². The van der Waals surface area contributed by atoms with Crippen LogP contribution in [0.4, 0.5) is 4.39 Å². The van der Waals surface area contributed by atoms with Crippen LogP contribution in [0.15, 0.2) is 18.2 Å². The van der Waals surface area contributed by atoms with Gasteiger partial charge in [-0.15, -0.1) is 0 Å². The Labute approximate surface area is 106 Å². The highest BCUT2D eigenvalue weighted by atomic mass is 19.1. The molecule has 2 rings (SSSR count). The summed E-state index contributed by atoms with van der Waals surface area (Å²) in [7, 11) is 1.47. The van der Waals surface area contributed by atoms with Gasteiger partial charge in [-0.2, -0.15) is 0 Å². The molecule has 1 aromatic carbocycles. The van der Waals surface area contributed by atoms with E-state index < -0.39 is 17.2 Å². The summed E-state index contributed by atoms with van der Waals surface area (Å²) >= 11 is 0. The third kappa shape index (κ3) is 2.33. The van der Waals surface area contributed by atoms with Gasteiger partial charge in [-0.3, -0.25) is 4.79 Å². The summed E-state index contributed by atoms with van der Waals surface area (Å²) in [6, 6.07) is 4.57. The van der Waals surface area contributed by atoms with E-state index in [0.717, 1.165) is 12.8 Å². The molecule has 0 aromatic heterocycles. The first kappa shape index (κ1) is 12.9. The maximum absolute atomic E-state index is 13.8. The Kier molecular flexibility index (Phi) is 3.28. The molecule has 1 aliphatic rings. The number of carbonyl (C=O) groups is 1. The highest BCUT2D eigenvalue weighted by Gasteiger charge is 2.47. The zero-order chi connectivity index (χ0) is 13.3. The van der Waals surface area contributed by atoms with Crippen LogP contribution in [0.2, 0.25) is 0 Å². The number of carboxylic acid groups (broad SMARTS) is 1. The van der Waals surface area contributed by atoms with Gasteiger partial charge in [0.25, 0.3) is 0 Å². The second-order valence-corrected chi connectivity index (χ2v) is 5.13. The van der Waals surface area contributed by atoms with Gasteiger partial charge in [0.1, 0.15) is 11.6 Å². The number of hydrogen-bond donors (Lipinski definition) is 1. The Bertz CT molecular complexity index is 468. The highest BCUT2D eigenvalue weighted by Crippen LogP contribution is 2.47. The van der Waals surface area contributed by atoms with E-state index in [2.05, 4.69) is 0 Å². The minimum absolute atomic E-state index is 0.163. The molecule has 1 aromatic rings. The van der Waals surface area contributed by atoms with Crippen LogP contribution in [0, 0.1) is 17.2 Å². The molecule has 0 heterocycles. The van der Waals surface area contributed by atoms with E-state index in [0.29, 0.717) is 11.3 Å². The second-order valence-electron chi connectivity index (χ2n) is 5.13. The van der Waals surface area contributed by atoms with Gasteiger partial charge in [-0.1, -0.05) is 6.07 Å². The van der Waals surface area contributed by atoms with E-state index in [-0.39, 0.29) is 12.3 Å². The Balaban J connectivity index is 2.24. The number of ether oxygens (including phenoxy) is 1. The number of halogens is 1. The van der Waals surface area contributed by atoms with E-state index in [9.17, 15) is 14.3 Å². The standard InChI is InChI=1S/C14H17FO3/c1-14(13(16)17,10-4-5-10)8-9-3-6-11(18-2)7-12(9)15/h3,6-7,10H,4-5,8H2,1-2H3,(H,16,17). The molecule has 0 saturated heterocycles. The molecule has 4 heteroatoms. The first-order valence-corrected chi connectivity index (χ1v) is 6.03. The molecule has 0 aliphatic heterocycles. The summed E-state index contributed by atoms with van der Waals surface area (Å²) in [6.07, 6.45) is 2.06. The van der Waals surface area contributed by atoms with Gasteiger partial charge in [-0.05, 0) is 43.7 Å². The number of aliphatic carboxylic acids is 1. The normalized spacial score (nSPS) is 18.2. The van der Waals surface area contributed by atoms with Gasteiger partial charge in [0.05, 0.1) is 12.5 Å². The molecule has 1 aliphatic carbocycles. The summed E-state index contributed by atoms with van der Waals surface area (Å²) in [4.78, 5) is 11.4. The molecule has 0 spiro atoms. The van der Waals surface area contributed by atoms with Crippen molar-refractivity contribution in [1.82, 2.24) is 0 Å². The number of hydrogen-bond acceptors (Lipinski definition) is 2. The quantitative estimate of drug-likeness (QED) is 0.876. The largest absolute Gasteiger partial charge is 0.497 e. The SMILES string of the molecule is COc1ccc(CC(C)(C(=O)O)C2CC2)c(F)c1. The smallest absolute Gasteiger partial charge is 0.309 e. The Morgan fingerprint density at radius 1 is 1.56 bits per heavy atom. The fraction of sp³-hybridized carbons (Fsp3) is 0.500. The van der Waals surface area contributed by atoms with Crippen molar-refractivity contribution in [2.24, 2.45) is 11.3 Å². The van der Waals surface area contributed by atoms with Crippen molar-refractivity contribution in [2.75, 3.05) is 7.11 Å². The number of carboxylic acids is 1. The fourth-order valence-electron chi connectivity index (χ4n) is 2.31. The predicted molar refractivity (Wildman–Crippen MR) is 65.1 cm³/mol. The lowest BCUT2D eigenvalue weighted by molar-refractivity contribution is -0.149. The predicted octanol–water partition coefficient (Wildman–Crippen LogP) is 2.88. The van der Waals surface area contributed by atoms with E-state index in [1.807, 2.05) is 0 Å². The molecule has 1 saturated carbocycles. The number of benzene rings is 1. The summed E-state index contributed by atoms with van der Waals surface area (Å²) in [5.74, 6) is -0.640. The average molecular weight is 252 g/mol. The minimum Gasteiger partial charge on any atom is -0.497 e. The maximum Gasteiger partial charge on any atom is 0.309 e. The van der Waals surface area contributed by atoms with Crippen LogP contribution in [0.1, 0.15) is 25.3 Å². The molecule has 1 atom stereocenters. The lowest BCUT2D eigenvalue weighted by Crippen LogP contribution is -2.32. The average Bonchev–Trinajstić information content (AvgIpc) is 3.15. The molecule has 1 unspecified atom stereocenters. The van der Waals surface area contributed by atoms with Crippen molar-refractivity contribution in [3.05, 3.63) is 29.6 Å². The monoisotopic (exact) mass is 252 g/mol. The Hall–Kier alpha value is -1.58. The summed E-state index contributed by atoms with van der Waals surface area (Å²) in [5.41, 5.74) is -0.428. The van der Waals surface area contributed by atoms with Crippen LogP contribution < -0.4 is 4.74 Å². The fourth-order valence-corrected chi connectivity index (χ4v) is 2.31. The van der Waals surface area contributed by atoms with Gasteiger partial charge in [0.15, 0.2) is 0 Å².